The van der Waals surface area contributed by atoms with Crippen molar-refractivity contribution in [1.82, 2.24) is 5.32 Å². The number of benzene rings is 1. The Hall–Kier alpha value is -1.45. The number of hydrogen-bond donors (Lipinski definition) is 1. The molecule has 0 spiro atoms. The maximum Gasteiger partial charge on any atom is 0.254 e. The Labute approximate surface area is 87.3 Å². The first kappa shape index (κ1) is 11.6. The molecule has 0 unspecified atom stereocenters. The van der Waals surface area contributed by atoms with Gasteiger partial charge in [-0.3, -0.25) is 4.79 Å². The van der Waals surface area contributed by atoms with Crippen LogP contribution >= 0.6 is 0 Å². The molecule has 0 atom stereocenters. The van der Waals surface area contributed by atoms with Gasteiger partial charge in [0, 0.05) is 7.05 Å². The van der Waals surface area contributed by atoms with Gasteiger partial charge in [-0.2, -0.15) is 0 Å². The van der Waals surface area contributed by atoms with Crippen LogP contribution in [-0.4, -0.2) is 13.0 Å². The molecule has 1 N–H and O–H groups in total. The fourth-order valence-corrected chi connectivity index (χ4v) is 1.31. The molecule has 2 nitrogen and oxygen atoms in total. The predicted molar refractivity (Wildman–Crippen MR) is 53.8 cm³/mol. The molecular formula is C11H13F2NO. The lowest BCUT2D eigenvalue weighted by molar-refractivity contribution is 0.0958. The van der Waals surface area contributed by atoms with Crippen LogP contribution in [0.5, 0.6) is 0 Å². The van der Waals surface area contributed by atoms with Gasteiger partial charge in [-0.15, -0.1) is 0 Å². The molecule has 1 aromatic carbocycles. The largest absolute Gasteiger partial charge is 0.355 e. The topological polar surface area (TPSA) is 29.1 Å². The first-order valence-corrected chi connectivity index (χ1v) is 4.68. The normalized spacial score (nSPS) is 10.5. The standard InChI is InChI=1S/C11H13F2NO/c1-6(2)7-4-10(13)8(5-9(7)12)11(15)14-3/h4-6H,1-3H3,(H,14,15). The highest BCUT2D eigenvalue weighted by Gasteiger charge is 2.16. The predicted octanol–water partition coefficient (Wildman–Crippen LogP) is 2.45. The van der Waals surface area contributed by atoms with Gasteiger partial charge >= 0.3 is 0 Å². The van der Waals surface area contributed by atoms with Crippen molar-refractivity contribution in [3.05, 3.63) is 34.9 Å². The van der Waals surface area contributed by atoms with Gasteiger partial charge in [-0.25, -0.2) is 8.78 Å². The Morgan fingerprint density at radius 2 is 1.87 bits per heavy atom. The SMILES string of the molecule is CNC(=O)c1cc(F)c(C(C)C)cc1F. The molecule has 0 fully saturated rings. The highest BCUT2D eigenvalue weighted by atomic mass is 19.1. The molecule has 0 radical (unpaired) electrons. The van der Waals surface area contributed by atoms with Gasteiger partial charge in [0.15, 0.2) is 0 Å². The summed E-state index contributed by atoms with van der Waals surface area (Å²) in [6.45, 7) is 3.52. The summed E-state index contributed by atoms with van der Waals surface area (Å²) in [6.07, 6.45) is 0. The van der Waals surface area contributed by atoms with Gasteiger partial charge in [0.25, 0.3) is 5.91 Å². The Balaban J connectivity index is 3.25. The fraction of sp³-hybridized carbons (Fsp3) is 0.364. The summed E-state index contributed by atoms with van der Waals surface area (Å²) in [5.41, 5.74) is 0.0135. The van der Waals surface area contributed by atoms with Crippen LogP contribution in [0.1, 0.15) is 35.7 Å². The molecule has 0 saturated heterocycles. The van der Waals surface area contributed by atoms with Gasteiger partial charge in [-0.1, -0.05) is 13.8 Å². The molecule has 0 heterocycles. The Morgan fingerprint density at radius 3 is 2.33 bits per heavy atom. The summed E-state index contributed by atoms with van der Waals surface area (Å²) < 4.78 is 26.8. The number of halogens is 2. The zero-order chi connectivity index (χ0) is 11.6. The maximum atomic E-state index is 13.4. The summed E-state index contributed by atoms with van der Waals surface area (Å²) in [4.78, 5) is 11.1. The van der Waals surface area contributed by atoms with E-state index in [9.17, 15) is 13.6 Å². The monoisotopic (exact) mass is 213 g/mol. The minimum atomic E-state index is -0.695. The molecule has 0 aliphatic carbocycles. The van der Waals surface area contributed by atoms with Crippen molar-refractivity contribution in [3.8, 4) is 0 Å². The van der Waals surface area contributed by atoms with E-state index in [1.165, 1.54) is 7.05 Å². The van der Waals surface area contributed by atoms with Crippen LogP contribution in [0.25, 0.3) is 0 Å². The van der Waals surface area contributed by atoms with E-state index in [0.29, 0.717) is 0 Å². The molecule has 0 aliphatic heterocycles. The van der Waals surface area contributed by atoms with E-state index in [4.69, 9.17) is 0 Å². The molecule has 4 heteroatoms. The van der Waals surface area contributed by atoms with E-state index in [0.717, 1.165) is 12.1 Å². The molecular weight excluding hydrogens is 200 g/mol. The van der Waals surface area contributed by atoms with Crippen molar-refractivity contribution in [2.24, 2.45) is 0 Å². The number of rotatable bonds is 2. The third-order valence-electron chi connectivity index (χ3n) is 2.18. The zero-order valence-electron chi connectivity index (χ0n) is 8.90. The van der Waals surface area contributed by atoms with Gasteiger partial charge in [0.2, 0.25) is 0 Å². The van der Waals surface area contributed by atoms with Crippen LogP contribution < -0.4 is 5.32 Å². The average molecular weight is 213 g/mol. The van der Waals surface area contributed by atoms with Crippen LogP contribution in [0.15, 0.2) is 12.1 Å². The smallest absolute Gasteiger partial charge is 0.254 e. The molecule has 0 aliphatic rings. The summed E-state index contributed by atoms with van der Waals surface area (Å²) in [6, 6.07) is 2.01. The molecule has 0 bridgehead atoms. The van der Waals surface area contributed by atoms with Crippen molar-refractivity contribution in [2.45, 2.75) is 19.8 Å². The minimum absolute atomic E-state index is 0.113. The number of amides is 1. The van der Waals surface area contributed by atoms with Gasteiger partial charge in [-0.05, 0) is 23.6 Å². The molecule has 0 saturated carbocycles. The van der Waals surface area contributed by atoms with Gasteiger partial charge in [0.1, 0.15) is 11.6 Å². The van der Waals surface area contributed by atoms with E-state index >= 15 is 0 Å². The van der Waals surface area contributed by atoms with Crippen molar-refractivity contribution in [3.63, 3.8) is 0 Å². The summed E-state index contributed by atoms with van der Waals surface area (Å²) >= 11 is 0. The number of nitrogens with one attached hydrogen (secondary N) is 1. The van der Waals surface area contributed by atoms with Crippen molar-refractivity contribution in [1.29, 1.82) is 0 Å². The van der Waals surface area contributed by atoms with Crippen molar-refractivity contribution >= 4 is 5.91 Å². The van der Waals surface area contributed by atoms with E-state index < -0.39 is 17.5 Å². The average Bonchev–Trinajstić information content (AvgIpc) is 2.19. The molecule has 82 valence electrons. The van der Waals surface area contributed by atoms with Crippen LogP contribution in [0.2, 0.25) is 0 Å². The van der Waals surface area contributed by atoms with Crippen LogP contribution in [0.3, 0.4) is 0 Å². The molecule has 15 heavy (non-hydrogen) atoms. The number of carbonyl (C=O) groups excluding carboxylic acids is 1. The summed E-state index contributed by atoms with van der Waals surface area (Å²) in [5, 5.41) is 2.25. The first-order valence-electron chi connectivity index (χ1n) is 4.68. The molecule has 1 rings (SSSR count). The third kappa shape index (κ3) is 2.32. The number of carbonyl (C=O) groups is 1. The second kappa shape index (κ2) is 4.38. The first-order chi connectivity index (χ1) is 6.97. The Kier molecular flexibility index (Phi) is 3.39. The Morgan fingerprint density at radius 1 is 1.27 bits per heavy atom. The van der Waals surface area contributed by atoms with Crippen LogP contribution in [0, 0.1) is 11.6 Å². The van der Waals surface area contributed by atoms with Gasteiger partial charge in [0.05, 0.1) is 5.56 Å². The summed E-state index contributed by atoms with van der Waals surface area (Å²) in [7, 11) is 1.37. The highest BCUT2D eigenvalue weighted by molar-refractivity contribution is 5.94. The molecule has 1 amide bonds. The van der Waals surface area contributed by atoms with E-state index in [1.807, 2.05) is 0 Å². The lowest BCUT2D eigenvalue weighted by atomic mass is 10.00. The van der Waals surface area contributed by atoms with E-state index in [2.05, 4.69) is 5.32 Å². The van der Waals surface area contributed by atoms with E-state index in [-0.39, 0.29) is 17.0 Å². The highest BCUT2D eigenvalue weighted by Crippen LogP contribution is 2.21. The lowest BCUT2D eigenvalue weighted by Gasteiger charge is -2.09. The number of hydrogen-bond acceptors (Lipinski definition) is 1. The van der Waals surface area contributed by atoms with Gasteiger partial charge < -0.3 is 5.32 Å². The summed E-state index contributed by atoms with van der Waals surface area (Å²) in [5.74, 6) is -1.98. The van der Waals surface area contributed by atoms with Crippen LogP contribution in [0.4, 0.5) is 8.78 Å². The zero-order valence-corrected chi connectivity index (χ0v) is 8.90. The maximum absolute atomic E-state index is 13.4. The minimum Gasteiger partial charge on any atom is -0.355 e. The fourth-order valence-electron chi connectivity index (χ4n) is 1.31. The third-order valence-corrected chi connectivity index (χ3v) is 2.18. The Bertz CT molecular complexity index is 388. The lowest BCUT2D eigenvalue weighted by Crippen LogP contribution is -2.20. The van der Waals surface area contributed by atoms with Crippen molar-refractivity contribution < 1.29 is 13.6 Å². The molecule has 1 aromatic rings. The second-order valence-electron chi connectivity index (χ2n) is 3.59. The second-order valence-corrected chi connectivity index (χ2v) is 3.59. The van der Waals surface area contributed by atoms with Crippen LogP contribution in [-0.2, 0) is 0 Å². The quantitative estimate of drug-likeness (QED) is 0.803. The van der Waals surface area contributed by atoms with Crippen molar-refractivity contribution in [2.75, 3.05) is 7.05 Å². The molecule has 0 aromatic heterocycles. The van der Waals surface area contributed by atoms with E-state index in [1.54, 1.807) is 13.8 Å².